The Morgan fingerprint density at radius 3 is 2.18 bits per heavy atom. The summed E-state index contributed by atoms with van der Waals surface area (Å²) in [4.78, 5) is 25.2. The summed E-state index contributed by atoms with van der Waals surface area (Å²) in [5.74, 6) is -0.867. The van der Waals surface area contributed by atoms with Crippen LogP contribution in [-0.4, -0.2) is 11.8 Å². The number of nitrogens with two attached hydrogens (primary N) is 1. The van der Waals surface area contributed by atoms with E-state index in [1.807, 2.05) is 0 Å². The van der Waals surface area contributed by atoms with Gasteiger partial charge in [-0.25, -0.2) is 4.90 Å². The first-order valence-electron chi connectivity index (χ1n) is 5.36. The van der Waals surface area contributed by atoms with Crippen LogP contribution in [0.1, 0.15) is 13.8 Å². The Kier molecular flexibility index (Phi) is 2.95. The number of hydrogen-bond donors (Lipinski definition) is 1. The van der Waals surface area contributed by atoms with Gasteiger partial charge < -0.3 is 5.73 Å². The van der Waals surface area contributed by atoms with Crippen LogP contribution in [0.5, 0.6) is 0 Å². The molecule has 2 unspecified atom stereocenters. The maximum atomic E-state index is 12.0. The molecule has 0 radical (unpaired) electrons. The van der Waals surface area contributed by atoms with Gasteiger partial charge in [-0.05, 0) is 34.1 Å². The molecular weight excluding hydrogens is 284 g/mol. The highest BCUT2D eigenvalue weighted by Crippen LogP contribution is 2.33. The molecule has 2 N–H and O–H groups in total. The Bertz CT molecular complexity index is 481. The first-order valence-corrected chi connectivity index (χ1v) is 6.15. The van der Waals surface area contributed by atoms with Crippen LogP contribution in [0.4, 0.5) is 11.4 Å². The molecule has 2 rings (SSSR count). The van der Waals surface area contributed by atoms with E-state index in [0.717, 1.165) is 4.47 Å². The van der Waals surface area contributed by atoms with Crippen LogP contribution in [0.15, 0.2) is 22.7 Å². The molecule has 4 nitrogen and oxygen atoms in total. The van der Waals surface area contributed by atoms with Crippen molar-refractivity contribution in [1.82, 2.24) is 0 Å². The van der Waals surface area contributed by atoms with E-state index in [1.54, 1.807) is 32.0 Å². The summed E-state index contributed by atoms with van der Waals surface area (Å²) in [6.07, 6.45) is 0. The highest BCUT2D eigenvalue weighted by molar-refractivity contribution is 9.10. The topological polar surface area (TPSA) is 63.4 Å². The molecule has 0 bridgehead atoms. The van der Waals surface area contributed by atoms with Crippen LogP contribution in [0, 0.1) is 11.8 Å². The molecule has 1 fully saturated rings. The lowest BCUT2D eigenvalue weighted by Gasteiger charge is -2.15. The van der Waals surface area contributed by atoms with Crippen LogP contribution in [0.25, 0.3) is 0 Å². The average molecular weight is 297 g/mol. The summed E-state index contributed by atoms with van der Waals surface area (Å²) in [5, 5.41) is 0. The number of amides is 2. The largest absolute Gasteiger partial charge is 0.398 e. The predicted molar refractivity (Wildman–Crippen MR) is 69.4 cm³/mol. The summed E-state index contributed by atoms with van der Waals surface area (Å²) < 4.78 is 0.751. The monoisotopic (exact) mass is 296 g/mol. The van der Waals surface area contributed by atoms with Gasteiger partial charge in [0, 0.05) is 22.0 Å². The van der Waals surface area contributed by atoms with Crippen LogP contribution in [0.3, 0.4) is 0 Å². The lowest BCUT2D eigenvalue weighted by molar-refractivity contribution is -0.122. The molecule has 1 heterocycles. The number of rotatable bonds is 1. The Labute approximate surface area is 108 Å². The summed E-state index contributed by atoms with van der Waals surface area (Å²) in [7, 11) is 0. The molecule has 1 aromatic rings. The van der Waals surface area contributed by atoms with Gasteiger partial charge in [0.25, 0.3) is 0 Å². The second-order valence-corrected chi connectivity index (χ2v) is 5.15. The molecule has 90 valence electrons. The zero-order chi connectivity index (χ0) is 12.7. The summed E-state index contributed by atoms with van der Waals surface area (Å²) in [5.41, 5.74) is 6.80. The fraction of sp³-hybridized carbons (Fsp3) is 0.333. The van der Waals surface area contributed by atoms with Crippen LogP contribution in [-0.2, 0) is 9.59 Å². The summed E-state index contributed by atoms with van der Waals surface area (Å²) in [6, 6.07) is 5.07. The van der Waals surface area contributed by atoms with Gasteiger partial charge in [0.05, 0.1) is 5.69 Å². The minimum absolute atomic E-state index is 0.163. The number of nitrogen functional groups attached to an aromatic ring is 1. The third-order valence-corrected chi connectivity index (χ3v) is 3.93. The quantitative estimate of drug-likeness (QED) is 0.638. The number of carbonyl (C=O) groups excluding carboxylic acids is 2. The van der Waals surface area contributed by atoms with Crippen molar-refractivity contribution in [2.75, 3.05) is 10.6 Å². The maximum absolute atomic E-state index is 12.0. The SMILES string of the molecule is CC1C(=O)N(c2ccc(Br)c(N)c2)C(=O)C1C. The Hall–Kier alpha value is -1.36. The second-order valence-electron chi connectivity index (χ2n) is 4.30. The molecule has 0 saturated carbocycles. The molecule has 1 aliphatic rings. The van der Waals surface area contributed by atoms with Gasteiger partial charge >= 0.3 is 0 Å². The molecule has 5 heteroatoms. The van der Waals surface area contributed by atoms with Crippen molar-refractivity contribution in [3.8, 4) is 0 Å². The molecule has 0 aliphatic carbocycles. The van der Waals surface area contributed by atoms with E-state index in [0.29, 0.717) is 11.4 Å². The van der Waals surface area contributed by atoms with Crippen LogP contribution in [0.2, 0.25) is 0 Å². The highest BCUT2D eigenvalue weighted by Gasteiger charge is 2.43. The van der Waals surface area contributed by atoms with Gasteiger partial charge in [-0.3, -0.25) is 9.59 Å². The van der Waals surface area contributed by atoms with Crippen molar-refractivity contribution in [1.29, 1.82) is 0 Å². The van der Waals surface area contributed by atoms with Crippen molar-refractivity contribution in [2.24, 2.45) is 11.8 Å². The van der Waals surface area contributed by atoms with Gasteiger partial charge in [0.2, 0.25) is 11.8 Å². The lowest BCUT2D eigenvalue weighted by Crippen LogP contribution is -2.30. The number of hydrogen-bond acceptors (Lipinski definition) is 3. The third kappa shape index (κ3) is 1.84. The zero-order valence-corrected chi connectivity index (χ0v) is 11.2. The minimum atomic E-state index is -0.271. The third-order valence-electron chi connectivity index (χ3n) is 3.21. The number of benzene rings is 1. The van der Waals surface area contributed by atoms with Gasteiger partial charge in [0.1, 0.15) is 0 Å². The number of anilines is 2. The van der Waals surface area contributed by atoms with E-state index in [4.69, 9.17) is 5.73 Å². The molecule has 2 atom stereocenters. The Morgan fingerprint density at radius 2 is 1.71 bits per heavy atom. The van der Waals surface area contributed by atoms with Crippen molar-refractivity contribution in [3.05, 3.63) is 22.7 Å². The summed E-state index contributed by atoms with van der Waals surface area (Å²) in [6.45, 7) is 3.54. The number of carbonyl (C=O) groups is 2. The standard InChI is InChI=1S/C12H13BrN2O2/c1-6-7(2)12(17)15(11(6)16)8-3-4-9(13)10(14)5-8/h3-7H,14H2,1-2H3. The number of nitrogens with zero attached hydrogens (tertiary/aromatic N) is 1. The Balaban J connectivity index is 2.43. The van der Waals surface area contributed by atoms with Crippen LogP contribution < -0.4 is 10.6 Å². The van der Waals surface area contributed by atoms with E-state index in [2.05, 4.69) is 15.9 Å². The van der Waals surface area contributed by atoms with Crippen molar-refractivity contribution < 1.29 is 9.59 Å². The molecule has 0 aromatic heterocycles. The van der Waals surface area contributed by atoms with E-state index in [9.17, 15) is 9.59 Å². The molecule has 2 amide bonds. The Morgan fingerprint density at radius 1 is 1.18 bits per heavy atom. The molecule has 0 spiro atoms. The smallest absolute Gasteiger partial charge is 0.237 e. The van der Waals surface area contributed by atoms with Crippen LogP contribution >= 0.6 is 15.9 Å². The van der Waals surface area contributed by atoms with Gasteiger partial charge in [-0.1, -0.05) is 13.8 Å². The molecule has 1 saturated heterocycles. The average Bonchev–Trinajstić information content (AvgIpc) is 2.48. The van der Waals surface area contributed by atoms with E-state index in [-0.39, 0.29) is 23.7 Å². The van der Waals surface area contributed by atoms with E-state index < -0.39 is 0 Å². The first-order chi connectivity index (χ1) is 7.93. The van der Waals surface area contributed by atoms with Gasteiger partial charge in [-0.2, -0.15) is 0 Å². The first kappa shape index (κ1) is 12.1. The van der Waals surface area contributed by atoms with Crippen molar-refractivity contribution in [3.63, 3.8) is 0 Å². The molecule has 17 heavy (non-hydrogen) atoms. The lowest BCUT2D eigenvalue weighted by atomic mass is 10.00. The number of imide groups is 1. The minimum Gasteiger partial charge on any atom is -0.398 e. The predicted octanol–water partition coefficient (Wildman–Crippen LogP) is 2.18. The highest BCUT2D eigenvalue weighted by atomic mass is 79.9. The molecule has 1 aromatic carbocycles. The maximum Gasteiger partial charge on any atom is 0.237 e. The molecule has 1 aliphatic heterocycles. The van der Waals surface area contributed by atoms with Gasteiger partial charge in [-0.15, -0.1) is 0 Å². The van der Waals surface area contributed by atoms with E-state index in [1.165, 1.54) is 4.90 Å². The fourth-order valence-corrected chi connectivity index (χ4v) is 2.11. The van der Waals surface area contributed by atoms with Gasteiger partial charge in [0.15, 0.2) is 0 Å². The number of halogens is 1. The normalized spacial score (nSPS) is 24.5. The summed E-state index contributed by atoms with van der Waals surface area (Å²) >= 11 is 3.28. The second kappa shape index (κ2) is 4.14. The fourth-order valence-electron chi connectivity index (χ4n) is 1.87. The van der Waals surface area contributed by atoms with E-state index >= 15 is 0 Å². The molecular formula is C12H13BrN2O2. The van der Waals surface area contributed by atoms with Crippen molar-refractivity contribution >= 4 is 39.1 Å². The zero-order valence-electron chi connectivity index (χ0n) is 9.61. The van der Waals surface area contributed by atoms with Crippen molar-refractivity contribution in [2.45, 2.75) is 13.8 Å².